The molecule has 8 heteroatoms. The maximum Gasteiger partial charge on any atom is 0.253 e. The minimum atomic E-state index is 0.0884. The second kappa shape index (κ2) is 12.2. The molecule has 3 saturated heterocycles. The summed E-state index contributed by atoms with van der Waals surface area (Å²) in [5.41, 5.74) is 0.681. The van der Waals surface area contributed by atoms with Gasteiger partial charge in [0.2, 0.25) is 5.95 Å². The van der Waals surface area contributed by atoms with Crippen LogP contribution in [0.5, 0.6) is 0 Å². The lowest BCUT2D eigenvalue weighted by Crippen LogP contribution is -2.51. The molecule has 7 nitrogen and oxygen atoms in total. The third kappa shape index (κ3) is 6.48. The van der Waals surface area contributed by atoms with Crippen LogP contribution in [0.3, 0.4) is 0 Å². The van der Waals surface area contributed by atoms with Crippen LogP contribution in [0.15, 0.2) is 36.5 Å². The second-order valence-corrected chi connectivity index (χ2v) is 11.0. The van der Waals surface area contributed by atoms with Crippen molar-refractivity contribution < 1.29 is 4.79 Å². The van der Waals surface area contributed by atoms with E-state index in [2.05, 4.69) is 20.1 Å². The normalized spacial score (nSPS) is 24.1. The van der Waals surface area contributed by atoms with Crippen molar-refractivity contribution in [2.75, 3.05) is 49.5 Å². The SMILES string of the molecule is O=C(c1cccc(Cl)c1)N1CCCC(N2CCCCC(Nc3nccc(N4CCCCCC4)n3)C2)C1. The predicted octanol–water partition coefficient (Wildman–Crippen LogP) is 5.08. The molecule has 1 N–H and O–H groups in total. The lowest BCUT2D eigenvalue weighted by atomic mass is 10.0. The van der Waals surface area contributed by atoms with Crippen molar-refractivity contribution in [2.24, 2.45) is 0 Å². The Hall–Kier alpha value is -2.38. The number of hydrogen-bond donors (Lipinski definition) is 1. The number of halogens is 1. The zero-order chi connectivity index (χ0) is 24.7. The second-order valence-electron chi connectivity index (χ2n) is 10.5. The highest BCUT2D eigenvalue weighted by atomic mass is 35.5. The van der Waals surface area contributed by atoms with Gasteiger partial charge in [-0.3, -0.25) is 9.69 Å². The van der Waals surface area contributed by atoms with E-state index < -0.39 is 0 Å². The highest BCUT2D eigenvalue weighted by Gasteiger charge is 2.31. The summed E-state index contributed by atoms with van der Waals surface area (Å²) in [7, 11) is 0. The topological polar surface area (TPSA) is 64.6 Å². The van der Waals surface area contributed by atoms with Crippen molar-refractivity contribution in [1.29, 1.82) is 0 Å². The quantitative estimate of drug-likeness (QED) is 0.605. The first-order chi connectivity index (χ1) is 17.7. The lowest BCUT2D eigenvalue weighted by Gasteiger charge is -2.40. The van der Waals surface area contributed by atoms with Gasteiger partial charge in [0.15, 0.2) is 0 Å². The maximum atomic E-state index is 13.2. The number of nitrogens with zero attached hydrogens (tertiary/aromatic N) is 5. The molecule has 0 radical (unpaired) electrons. The average Bonchev–Trinajstić information content (AvgIpc) is 3.32. The molecule has 36 heavy (non-hydrogen) atoms. The first-order valence-electron chi connectivity index (χ1n) is 13.8. The van der Waals surface area contributed by atoms with Gasteiger partial charge in [0.1, 0.15) is 5.82 Å². The Kier molecular flexibility index (Phi) is 8.59. The van der Waals surface area contributed by atoms with Crippen LogP contribution in [0.2, 0.25) is 5.02 Å². The minimum absolute atomic E-state index is 0.0884. The van der Waals surface area contributed by atoms with Gasteiger partial charge in [-0.1, -0.05) is 36.9 Å². The van der Waals surface area contributed by atoms with E-state index in [4.69, 9.17) is 16.6 Å². The monoisotopic (exact) mass is 510 g/mol. The fourth-order valence-electron chi connectivity index (χ4n) is 5.94. The highest BCUT2D eigenvalue weighted by molar-refractivity contribution is 6.30. The summed E-state index contributed by atoms with van der Waals surface area (Å²) in [6, 6.07) is 10.0. The fraction of sp³-hybridized carbons (Fsp3) is 0.607. The number of aromatic nitrogens is 2. The summed E-state index contributed by atoms with van der Waals surface area (Å²) < 4.78 is 0. The van der Waals surface area contributed by atoms with Gasteiger partial charge in [0, 0.05) is 61.6 Å². The van der Waals surface area contributed by atoms with Gasteiger partial charge < -0.3 is 15.1 Å². The number of amides is 1. The van der Waals surface area contributed by atoms with E-state index >= 15 is 0 Å². The predicted molar refractivity (Wildman–Crippen MR) is 146 cm³/mol. The van der Waals surface area contributed by atoms with Crippen LogP contribution >= 0.6 is 11.6 Å². The van der Waals surface area contributed by atoms with Crippen LogP contribution in [0.25, 0.3) is 0 Å². The first-order valence-corrected chi connectivity index (χ1v) is 14.2. The van der Waals surface area contributed by atoms with E-state index in [0.717, 1.165) is 70.3 Å². The Morgan fingerprint density at radius 3 is 2.58 bits per heavy atom. The molecule has 1 amide bonds. The van der Waals surface area contributed by atoms with Crippen molar-refractivity contribution in [3.63, 3.8) is 0 Å². The van der Waals surface area contributed by atoms with Crippen LogP contribution < -0.4 is 10.2 Å². The molecule has 2 aromatic rings. The van der Waals surface area contributed by atoms with E-state index in [-0.39, 0.29) is 5.91 Å². The summed E-state index contributed by atoms with van der Waals surface area (Å²) in [5, 5.41) is 4.27. The summed E-state index contributed by atoms with van der Waals surface area (Å²) in [4.78, 5) is 29.6. The molecular formula is C28H39ClN6O. The Morgan fingerprint density at radius 2 is 1.75 bits per heavy atom. The Morgan fingerprint density at radius 1 is 0.917 bits per heavy atom. The maximum absolute atomic E-state index is 13.2. The zero-order valence-corrected chi connectivity index (χ0v) is 22.0. The molecule has 3 fully saturated rings. The lowest BCUT2D eigenvalue weighted by molar-refractivity contribution is 0.0575. The molecule has 2 unspecified atom stereocenters. The molecule has 194 valence electrons. The summed E-state index contributed by atoms with van der Waals surface area (Å²) in [6.45, 7) is 5.80. The fourth-order valence-corrected chi connectivity index (χ4v) is 6.13. The number of anilines is 2. The number of carbonyl (C=O) groups excluding carboxylic acids is 1. The van der Waals surface area contributed by atoms with Crippen molar-refractivity contribution in [3.8, 4) is 0 Å². The first kappa shape index (κ1) is 25.3. The van der Waals surface area contributed by atoms with Crippen molar-refractivity contribution in [2.45, 2.75) is 69.9 Å². The van der Waals surface area contributed by atoms with Gasteiger partial charge in [-0.05, 0) is 69.3 Å². The average molecular weight is 511 g/mol. The van der Waals surface area contributed by atoms with E-state index in [0.29, 0.717) is 22.7 Å². The third-order valence-corrected chi connectivity index (χ3v) is 8.11. The van der Waals surface area contributed by atoms with Crippen LogP contribution in [0.4, 0.5) is 11.8 Å². The zero-order valence-electron chi connectivity index (χ0n) is 21.2. The van der Waals surface area contributed by atoms with Crippen molar-refractivity contribution >= 4 is 29.3 Å². The molecule has 3 aliphatic heterocycles. The summed E-state index contributed by atoms with van der Waals surface area (Å²) in [5.74, 6) is 1.87. The van der Waals surface area contributed by atoms with E-state index in [1.54, 1.807) is 6.07 Å². The molecule has 0 spiro atoms. The number of benzene rings is 1. The van der Waals surface area contributed by atoms with Crippen LogP contribution in [0.1, 0.15) is 68.1 Å². The molecule has 3 aliphatic rings. The van der Waals surface area contributed by atoms with Gasteiger partial charge in [0.05, 0.1) is 0 Å². The van der Waals surface area contributed by atoms with Crippen molar-refractivity contribution in [3.05, 3.63) is 47.1 Å². The minimum Gasteiger partial charge on any atom is -0.356 e. The Labute approximate surface area is 220 Å². The Bertz CT molecular complexity index is 1010. The van der Waals surface area contributed by atoms with Gasteiger partial charge in [-0.15, -0.1) is 0 Å². The van der Waals surface area contributed by atoms with Gasteiger partial charge in [0.25, 0.3) is 5.91 Å². The number of carbonyl (C=O) groups is 1. The Balaban J connectivity index is 1.22. The van der Waals surface area contributed by atoms with Gasteiger partial charge in [-0.25, -0.2) is 4.98 Å². The molecule has 0 saturated carbocycles. The van der Waals surface area contributed by atoms with E-state index in [9.17, 15) is 4.79 Å². The van der Waals surface area contributed by atoms with Crippen LogP contribution in [-0.4, -0.2) is 77.0 Å². The number of likely N-dealkylation sites (tertiary alicyclic amines) is 2. The van der Waals surface area contributed by atoms with Crippen molar-refractivity contribution in [1.82, 2.24) is 19.8 Å². The smallest absolute Gasteiger partial charge is 0.253 e. The highest BCUT2D eigenvalue weighted by Crippen LogP contribution is 2.24. The van der Waals surface area contributed by atoms with Gasteiger partial charge >= 0.3 is 0 Å². The molecule has 0 bridgehead atoms. The molecule has 2 atom stereocenters. The van der Waals surface area contributed by atoms with E-state index in [1.165, 1.54) is 38.5 Å². The summed E-state index contributed by atoms with van der Waals surface area (Å²) in [6.07, 6.45) is 12.7. The molecular weight excluding hydrogens is 472 g/mol. The largest absolute Gasteiger partial charge is 0.356 e. The number of piperidine rings is 1. The molecule has 0 aliphatic carbocycles. The number of nitrogens with one attached hydrogen (secondary N) is 1. The third-order valence-electron chi connectivity index (χ3n) is 7.88. The molecule has 1 aromatic carbocycles. The van der Waals surface area contributed by atoms with E-state index in [1.807, 2.05) is 35.4 Å². The molecule has 5 rings (SSSR count). The van der Waals surface area contributed by atoms with Crippen LogP contribution in [-0.2, 0) is 0 Å². The molecule has 1 aromatic heterocycles. The van der Waals surface area contributed by atoms with Crippen LogP contribution in [0, 0.1) is 0 Å². The standard InChI is InChI=1S/C28H39ClN6O/c29-23-10-7-9-22(19-23)27(36)35-18-8-12-25(21-35)34-17-6-3-11-24(20-34)31-28-30-14-13-26(32-28)33-15-4-1-2-5-16-33/h7,9-10,13-14,19,24-25H,1-6,8,11-12,15-18,20-21H2,(H,30,31,32). The summed E-state index contributed by atoms with van der Waals surface area (Å²) >= 11 is 6.14. The number of rotatable bonds is 5. The van der Waals surface area contributed by atoms with Gasteiger partial charge in [-0.2, -0.15) is 4.98 Å². The number of hydrogen-bond acceptors (Lipinski definition) is 6. The molecule has 4 heterocycles.